The lowest BCUT2D eigenvalue weighted by Crippen LogP contribution is -3.15. The van der Waals surface area contributed by atoms with Crippen LogP contribution >= 0.6 is 11.8 Å². The van der Waals surface area contributed by atoms with E-state index in [2.05, 4.69) is 0 Å². The van der Waals surface area contributed by atoms with Crippen LogP contribution in [-0.4, -0.2) is 59.4 Å². The van der Waals surface area contributed by atoms with Gasteiger partial charge in [-0.25, -0.2) is 4.98 Å². The highest BCUT2D eigenvalue weighted by atomic mass is 32.2. The molecule has 7 heteroatoms. The summed E-state index contributed by atoms with van der Waals surface area (Å²) in [6.07, 6.45) is -0.466. The van der Waals surface area contributed by atoms with E-state index in [4.69, 9.17) is 9.72 Å². The van der Waals surface area contributed by atoms with Crippen LogP contribution in [0.5, 0.6) is 0 Å². The number of para-hydroxylation sites is 1. The van der Waals surface area contributed by atoms with Crippen molar-refractivity contribution in [1.29, 1.82) is 0 Å². The second kappa shape index (κ2) is 9.75. The predicted octanol–water partition coefficient (Wildman–Crippen LogP) is 1.37. The summed E-state index contributed by atoms with van der Waals surface area (Å²) in [5, 5.41) is 11.9. The third-order valence-corrected chi connectivity index (χ3v) is 6.67. The first-order chi connectivity index (χ1) is 14.6. The van der Waals surface area contributed by atoms with Gasteiger partial charge in [0.25, 0.3) is 5.56 Å². The second-order valence-corrected chi connectivity index (χ2v) is 8.69. The summed E-state index contributed by atoms with van der Waals surface area (Å²) in [6.45, 7) is 6.04. The molecule has 0 saturated carbocycles. The average Bonchev–Trinajstić information content (AvgIpc) is 2.79. The van der Waals surface area contributed by atoms with Gasteiger partial charge in [-0.3, -0.25) is 9.36 Å². The van der Waals surface area contributed by atoms with Crippen LogP contribution in [0.2, 0.25) is 0 Å². The van der Waals surface area contributed by atoms with Crippen molar-refractivity contribution in [2.24, 2.45) is 0 Å². The minimum absolute atomic E-state index is 0.0484. The summed E-state index contributed by atoms with van der Waals surface area (Å²) in [5.74, 6) is 0.497. The van der Waals surface area contributed by atoms with E-state index in [0.29, 0.717) is 28.4 Å². The van der Waals surface area contributed by atoms with Gasteiger partial charge in [-0.05, 0) is 24.6 Å². The van der Waals surface area contributed by atoms with Gasteiger partial charge in [0.2, 0.25) is 0 Å². The van der Waals surface area contributed by atoms with Gasteiger partial charge in [0.05, 0.1) is 30.2 Å². The highest BCUT2D eigenvalue weighted by Gasteiger charge is 2.21. The van der Waals surface area contributed by atoms with E-state index in [-0.39, 0.29) is 11.6 Å². The van der Waals surface area contributed by atoms with Crippen LogP contribution in [0.1, 0.15) is 18.5 Å². The lowest BCUT2D eigenvalue weighted by atomic mass is 10.1. The number of ether oxygens (including phenoxy) is 1. The zero-order valence-electron chi connectivity index (χ0n) is 17.2. The van der Waals surface area contributed by atoms with E-state index in [9.17, 15) is 9.90 Å². The number of nitrogens with one attached hydrogen (secondary N) is 1. The number of aliphatic hydroxyl groups excluding tert-OH is 1. The smallest absolute Gasteiger partial charge is 0.262 e. The molecule has 4 rings (SSSR count). The molecule has 6 nitrogen and oxygen atoms in total. The molecule has 2 heterocycles. The van der Waals surface area contributed by atoms with Crippen molar-refractivity contribution < 1.29 is 14.7 Å². The van der Waals surface area contributed by atoms with Gasteiger partial charge in [-0.15, -0.1) is 0 Å². The Balaban J connectivity index is 1.61. The van der Waals surface area contributed by atoms with Crippen LogP contribution in [0.15, 0.2) is 64.5 Å². The lowest BCUT2D eigenvalue weighted by Gasteiger charge is -2.26. The molecule has 2 aromatic carbocycles. The maximum absolute atomic E-state index is 13.4. The van der Waals surface area contributed by atoms with Gasteiger partial charge in [0, 0.05) is 5.75 Å². The van der Waals surface area contributed by atoms with E-state index in [1.165, 1.54) is 16.7 Å². The first-order valence-electron chi connectivity index (χ1n) is 10.4. The molecule has 1 saturated heterocycles. The third kappa shape index (κ3) is 4.75. The van der Waals surface area contributed by atoms with Crippen molar-refractivity contribution in [2.45, 2.75) is 24.2 Å². The van der Waals surface area contributed by atoms with Crippen LogP contribution in [0.4, 0.5) is 0 Å². The van der Waals surface area contributed by atoms with Gasteiger partial charge in [0.15, 0.2) is 5.16 Å². The van der Waals surface area contributed by atoms with Gasteiger partial charge in [-0.1, -0.05) is 54.2 Å². The van der Waals surface area contributed by atoms with E-state index >= 15 is 0 Å². The van der Waals surface area contributed by atoms with Crippen LogP contribution in [0.3, 0.4) is 0 Å². The number of hydrogen-bond acceptors (Lipinski definition) is 5. The Morgan fingerprint density at radius 2 is 1.83 bits per heavy atom. The molecule has 0 bridgehead atoms. The molecule has 0 unspecified atom stereocenters. The Morgan fingerprint density at radius 1 is 1.13 bits per heavy atom. The number of fused-ring (bicyclic) bond motifs is 1. The topological polar surface area (TPSA) is 68.8 Å². The van der Waals surface area contributed by atoms with Crippen molar-refractivity contribution in [3.8, 4) is 0 Å². The Morgan fingerprint density at radius 3 is 2.60 bits per heavy atom. The molecular formula is C23H28N3O3S+. The highest BCUT2D eigenvalue weighted by Crippen LogP contribution is 2.25. The average molecular weight is 427 g/mol. The number of aromatic nitrogens is 2. The minimum Gasteiger partial charge on any atom is -0.386 e. The molecule has 0 spiro atoms. The predicted molar refractivity (Wildman–Crippen MR) is 119 cm³/mol. The van der Waals surface area contributed by atoms with Crippen LogP contribution in [0.25, 0.3) is 10.9 Å². The Kier molecular flexibility index (Phi) is 6.84. The number of thioether (sulfide) groups is 1. The maximum Gasteiger partial charge on any atom is 0.262 e. The highest BCUT2D eigenvalue weighted by molar-refractivity contribution is 7.99. The molecule has 1 aliphatic heterocycles. The van der Waals surface area contributed by atoms with E-state index in [1.54, 1.807) is 4.57 Å². The summed E-state index contributed by atoms with van der Waals surface area (Å²) < 4.78 is 7.15. The summed E-state index contributed by atoms with van der Waals surface area (Å²) in [6, 6.07) is 17.3. The first kappa shape index (κ1) is 21.1. The Labute approximate surface area is 180 Å². The summed E-state index contributed by atoms with van der Waals surface area (Å²) in [4.78, 5) is 19.5. The number of morpholine rings is 1. The molecule has 1 fully saturated rings. The number of quaternary nitrogens is 1. The third-order valence-electron chi connectivity index (χ3n) is 5.57. The Hall–Kier alpha value is -2.19. The lowest BCUT2D eigenvalue weighted by molar-refractivity contribution is -0.910. The number of benzene rings is 2. The number of aliphatic hydroxyl groups is 1. The normalized spacial score (nSPS) is 17.1. The van der Waals surface area contributed by atoms with Gasteiger partial charge < -0.3 is 14.7 Å². The maximum atomic E-state index is 13.4. The quantitative estimate of drug-likeness (QED) is 0.441. The summed E-state index contributed by atoms with van der Waals surface area (Å²) in [5.41, 5.74) is 1.69. The fourth-order valence-electron chi connectivity index (χ4n) is 3.88. The molecule has 2 N–H and O–H groups in total. The van der Waals surface area contributed by atoms with Crippen LogP contribution in [0, 0.1) is 0 Å². The molecular weight excluding hydrogens is 398 g/mol. The number of hydrogen-bond donors (Lipinski definition) is 2. The van der Waals surface area contributed by atoms with Crippen LogP contribution in [-0.2, 0) is 4.74 Å². The van der Waals surface area contributed by atoms with Gasteiger partial charge in [-0.2, -0.15) is 0 Å². The fraction of sp³-hybridized carbons (Fsp3) is 0.391. The van der Waals surface area contributed by atoms with E-state index in [0.717, 1.165) is 31.9 Å². The molecule has 1 aromatic heterocycles. The van der Waals surface area contributed by atoms with Gasteiger partial charge >= 0.3 is 0 Å². The standard InChI is InChI=1S/C23H27N3O3S/c1-17(18-7-3-2-4-8-18)26-22(28)20-9-5-6-10-21(20)24-23(26)30-16-19(27)15-25-11-13-29-14-12-25/h2-10,17,19,27H,11-16H2,1H3/p+1/t17-,19+/m1/s1. The minimum atomic E-state index is -0.466. The molecule has 158 valence electrons. The molecule has 2 atom stereocenters. The van der Waals surface area contributed by atoms with Crippen molar-refractivity contribution in [3.63, 3.8) is 0 Å². The van der Waals surface area contributed by atoms with Crippen molar-refractivity contribution >= 4 is 22.7 Å². The second-order valence-electron chi connectivity index (χ2n) is 7.70. The molecule has 0 radical (unpaired) electrons. The van der Waals surface area contributed by atoms with Crippen molar-refractivity contribution in [1.82, 2.24) is 9.55 Å². The molecule has 0 amide bonds. The van der Waals surface area contributed by atoms with E-state index < -0.39 is 6.10 Å². The molecule has 3 aromatic rings. The number of rotatable bonds is 7. The number of nitrogens with zero attached hydrogens (tertiary/aromatic N) is 2. The fourth-order valence-corrected chi connectivity index (χ4v) is 4.88. The molecule has 0 aliphatic carbocycles. The zero-order valence-corrected chi connectivity index (χ0v) is 18.0. The van der Waals surface area contributed by atoms with Gasteiger partial charge in [0.1, 0.15) is 25.7 Å². The monoisotopic (exact) mass is 426 g/mol. The Bertz CT molecular complexity index is 1030. The van der Waals surface area contributed by atoms with Crippen molar-refractivity contribution in [3.05, 3.63) is 70.5 Å². The molecule has 30 heavy (non-hydrogen) atoms. The summed E-state index contributed by atoms with van der Waals surface area (Å²) >= 11 is 1.45. The zero-order chi connectivity index (χ0) is 20.9. The largest absolute Gasteiger partial charge is 0.386 e. The van der Waals surface area contributed by atoms with Crippen LogP contribution < -0.4 is 10.5 Å². The SMILES string of the molecule is C[C@H](c1ccccc1)n1c(SC[C@@H](O)C[NH+]2CCOCC2)nc2ccccc2c1=O. The summed E-state index contributed by atoms with van der Waals surface area (Å²) in [7, 11) is 0. The van der Waals surface area contributed by atoms with Crippen molar-refractivity contribution in [2.75, 3.05) is 38.6 Å². The van der Waals surface area contributed by atoms with E-state index in [1.807, 2.05) is 61.5 Å². The molecule has 1 aliphatic rings. The first-order valence-corrected chi connectivity index (χ1v) is 11.4.